The van der Waals surface area contributed by atoms with E-state index in [2.05, 4.69) is 5.10 Å². The summed E-state index contributed by atoms with van der Waals surface area (Å²) < 4.78 is 7.34. The summed E-state index contributed by atoms with van der Waals surface area (Å²) in [5, 5.41) is 4.11. The van der Waals surface area contributed by atoms with Crippen LogP contribution in [-0.4, -0.2) is 40.3 Å². The number of carbonyl (C=O) groups excluding carboxylic acids is 1. The van der Waals surface area contributed by atoms with E-state index in [1.807, 2.05) is 24.4 Å². The number of hydrogen-bond acceptors (Lipinski definition) is 4. The molecule has 0 atom stereocenters. The molecule has 1 aliphatic rings. The monoisotopic (exact) mass is 272 g/mol. The number of amides is 1. The van der Waals surface area contributed by atoms with Gasteiger partial charge in [-0.3, -0.25) is 9.48 Å². The second-order valence-corrected chi connectivity index (χ2v) is 4.64. The number of anilines is 1. The maximum absolute atomic E-state index is 12.5. The van der Waals surface area contributed by atoms with Crippen LogP contribution in [-0.2, 0) is 6.54 Å². The van der Waals surface area contributed by atoms with Gasteiger partial charge in [0.25, 0.3) is 5.91 Å². The number of nitrogens with zero attached hydrogens (tertiary/aromatic N) is 3. The van der Waals surface area contributed by atoms with Crippen molar-refractivity contribution in [3.8, 4) is 5.75 Å². The highest BCUT2D eigenvalue weighted by molar-refractivity contribution is 5.97. The van der Waals surface area contributed by atoms with Crippen molar-refractivity contribution in [1.82, 2.24) is 14.7 Å². The molecule has 20 heavy (non-hydrogen) atoms. The summed E-state index contributed by atoms with van der Waals surface area (Å²) in [5.41, 5.74) is 6.19. The molecule has 0 spiro atoms. The van der Waals surface area contributed by atoms with Crippen molar-refractivity contribution in [3.63, 3.8) is 0 Å². The molecule has 2 aromatic rings. The Kier molecular flexibility index (Phi) is 3.28. The van der Waals surface area contributed by atoms with E-state index in [0.717, 1.165) is 0 Å². The molecule has 0 aliphatic carbocycles. The Morgan fingerprint density at radius 2 is 2.10 bits per heavy atom. The second-order valence-electron chi connectivity index (χ2n) is 4.64. The quantitative estimate of drug-likeness (QED) is 0.904. The predicted molar refractivity (Wildman–Crippen MR) is 74.5 cm³/mol. The van der Waals surface area contributed by atoms with Crippen molar-refractivity contribution in [2.45, 2.75) is 6.54 Å². The molecule has 1 aromatic carbocycles. The van der Waals surface area contributed by atoms with Gasteiger partial charge in [0, 0.05) is 12.7 Å². The molecule has 0 fully saturated rings. The fraction of sp³-hybridized carbons (Fsp3) is 0.286. The van der Waals surface area contributed by atoms with Crippen LogP contribution >= 0.6 is 0 Å². The molecule has 1 amide bonds. The lowest BCUT2D eigenvalue weighted by molar-refractivity contribution is 0.0748. The SMILES string of the molecule is Nc1ccn(CCN2CCOc3ccccc3C2=O)n1. The molecule has 1 aromatic heterocycles. The number of carbonyl (C=O) groups is 1. The molecule has 0 bridgehead atoms. The first-order chi connectivity index (χ1) is 9.74. The molecule has 2 heterocycles. The second kappa shape index (κ2) is 5.24. The van der Waals surface area contributed by atoms with Crippen LogP contribution in [0.1, 0.15) is 10.4 Å². The Morgan fingerprint density at radius 1 is 1.25 bits per heavy atom. The number of para-hydroxylation sites is 1. The van der Waals surface area contributed by atoms with E-state index in [1.54, 1.807) is 21.7 Å². The Labute approximate surface area is 116 Å². The summed E-state index contributed by atoms with van der Waals surface area (Å²) in [6, 6.07) is 9.07. The summed E-state index contributed by atoms with van der Waals surface area (Å²) >= 11 is 0. The Morgan fingerprint density at radius 3 is 2.90 bits per heavy atom. The highest BCUT2D eigenvalue weighted by atomic mass is 16.5. The zero-order valence-electron chi connectivity index (χ0n) is 11.0. The molecule has 1 aliphatic heterocycles. The highest BCUT2D eigenvalue weighted by Gasteiger charge is 2.22. The minimum absolute atomic E-state index is 0.00164. The Hall–Kier alpha value is -2.50. The van der Waals surface area contributed by atoms with Gasteiger partial charge in [-0.05, 0) is 18.2 Å². The van der Waals surface area contributed by atoms with E-state index >= 15 is 0 Å². The van der Waals surface area contributed by atoms with Gasteiger partial charge in [0.15, 0.2) is 0 Å². The molecule has 2 N–H and O–H groups in total. The molecular formula is C14H16N4O2. The third-order valence-corrected chi connectivity index (χ3v) is 3.28. The number of rotatable bonds is 3. The average molecular weight is 272 g/mol. The Bertz CT molecular complexity index is 623. The van der Waals surface area contributed by atoms with Gasteiger partial charge < -0.3 is 15.4 Å². The van der Waals surface area contributed by atoms with Crippen LogP contribution in [0.5, 0.6) is 5.75 Å². The largest absolute Gasteiger partial charge is 0.491 e. The zero-order chi connectivity index (χ0) is 13.9. The van der Waals surface area contributed by atoms with Crippen LogP contribution in [0.4, 0.5) is 5.82 Å². The molecule has 0 saturated carbocycles. The number of nitrogen functional groups attached to an aromatic ring is 1. The fourth-order valence-corrected chi connectivity index (χ4v) is 2.25. The van der Waals surface area contributed by atoms with Crippen molar-refractivity contribution in [3.05, 3.63) is 42.1 Å². The first-order valence-corrected chi connectivity index (χ1v) is 6.54. The molecule has 0 unspecified atom stereocenters. The third-order valence-electron chi connectivity index (χ3n) is 3.28. The summed E-state index contributed by atoms with van der Waals surface area (Å²) in [6.07, 6.45) is 1.81. The van der Waals surface area contributed by atoms with Crippen molar-refractivity contribution in [1.29, 1.82) is 0 Å². The van der Waals surface area contributed by atoms with Gasteiger partial charge in [-0.15, -0.1) is 0 Å². The maximum atomic E-state index is 12.5. The molecule has 104 valence electrons. The van der Waals surface area contributed by atoms with E-state index in [9.17, 15) is 4.79 Å². The summed E-state index contributed by atoms with van der Waals surface area (Å²) in [7, 11) is 0. The van der Waals surface area contributed by atoms with Gasteiger partial charge in [0.05, 0.1) is 18.7 Å². The lowest BCUT2D eigenvalue weighted by Gasteiger charge is -2.19. The number of hydrogen-bond donors (Lipinski definition) is 1. The number of benzene rings is 1. The third kappa shape index (κ3) is 2.45. The number of aromatic nitrogens is 2. The summed E-state index contributed by atoms with van der Waals surface area (Å²) in [5.74, 6) is 1.14. The van der Waals surface area contributed by atoms with Crippen LogP contribution < -0.4 is 10.5 Å². The number of nitrogens with two attached hydrogens (primary N) is 1. The standard InChI is InChI=1S/C14H16N4O2/c15-13-5-6-18(16-13)8-7-17-9-10-20-12-4-2-1-3-11(12)14(17)19/h1-6H,7-10H2,(H2,15,16). The lowest BCUT2D eigenvalue weighted by atomic mass is 10.2. The van der Waals surface area contributed by atoms with Crippen LogP contribution in [0.2, 0.25) is 0 Å². The van der Waals surface area contributed by atoms with Crippen LogP contribution in [0.3, 0.4) is 0 Å². The molecule has 0 radical (unpaired) electrons. The molecule has 6 heteroatoms. The van der Waals surface area contributed by atoms with Crippen molar-refractivity contribution < 1.29 is 9.53 Å². The predicted octanol–water partition coefficient (Wildman–Crippen LogP) is 1.00. The van der Waals surface area contributed by atoms with Gasteiger partial charge in [0.2, 0.25) is 0 Å². The highest BCUT2D eigenvalue weighted by Crippen LogP contribution is 2.22. The van der Waals surface area contributed by atoms with Gasteiger partial charge >= 0.3 is 0 Å². The van der Waals surface area contributed by atoms with Gasteiger partial charge in [-0.2, -0.15) is 5.10 Å². The summed E-state index contributed by atoms with van der Waals surface area (Å²) in [4.78, 5) is 14.2. The molecule has 0 saturated heterocycles. The van der Waals surface area contributed by atoms with E-state index in [1.165, 1.54) is 0 Å². The average Bonchev–Trinajstić information content (AvgIpc) is 2.80. The minimum atomic E-state index is -0.00164. The normalized spacial score (nSPS) is 14.6. The molecule has 6 nitrogen and oxygen atoms in total. The van der Waals surface area contributed by atoms with Gasteiger partial charge in [-0.1, -0.05) is 12.1 Å². The van der Waals surface area contributed by atoms with Gasteiger partial charge in [0.1, 0.15) is 18.2 Å². The lowest BCUT2D eigenvalue weighted by Crippen LogP contribution is -2.35. The van der Waals surface area contributed by atoms with E-state index in [-0.39, 0.29) is 5.91 Å². The van der Waals surface area contributed by atoms with Crippen molar-refractivity contribution >= 4 is 11.7 Å². The van der Waals surface area contributed by atoms with Crippen LogP contribution in [0.15, 0.2) is 36.5 Å². The number of ether oxygens (including phenoxy) is 1. The number of fused-ring (bicyclic) bond motifs is 1. The van der Waals surface area contributed by atoms with Crippen LogP contribution in [0, 0.1) is 0 Å². The summed E-state index contributed by atoms with van der Waals surface area (Å²) in [6.45, 7) is 2.27. The Balaban J connectivity index is 1.72. The van der Waals surface area contributed by atoms with E-state index in [4.69, 9.17) is 10.5 Å². The van der Waals surface area contributed by atoms with Crippen LogP contribution in [0.25, 0.3) is 0 Å². The molecular weight excluding hydrogens is 256 g/mol. The first-order valence-electron chi connectivity index (χ1n) is 6.54. The topological polar surface area (TPSA) is 73.4 Å². The smallest absolute Gasteiger partial charge is 0.257 e. The maximum Gasteiger partial charge on any atom is 0.257 e. The van der Waals surface area contributed by atoms with E-state index in [0.29, 0.717) is 43.4 Å². The van der Waals surface area contributed by atoms with Crippen molar-refractivity contribution in [2.24, 2.45) is 0 Å². The zero-order valence-corrected chi connectivity index (χ0v) is 11.0. The van der Waals surface area contributed by atoms with Gasteiger partial charge in [-0.25, -0.2) is 0 Å². The van der Waals surface area contributed by atoms with Crippen molar-refractivity contribution in [2.75, 3.05) is 25.4 Å². The minimum Gasteiger partial charge on any atom is -0.491 e. The fourth-order valence-electron chi connectivity index (χ4n) is 2.25. The van der Waals surface area contributed by atoms with E-state index < -0.39 is 0 Å². The molecule has 3 rings (SSSR count). The first kappa shape index (κ1) is 12.5.